The van der Waals surface area contributed by atoms with Crippen LogP contribution < -0.4 is 5.32 Å². The van der Waals surface area contributed by atoms with Gasteiger partial charge < -0.3 is 5.32 Å². The lowest BCUT2D eigenvalue weighted by molar-refractivity contribution is 0.907. The molecule has 17 heavy (non-hydrogen) atoms. The Morgan fingerprint density at radius 2 is 2.06 bits per heavy atom. The number of thiophene rings is 1. The highest BCUT2D eigenvalue weighted by Gasteiger charge is 2.10. The number of hydrogen-bond donors (Lipinski definition) is 1. The maximum absolute atomic E-state index is 6.06. The second-order valence-corrected chi connectivity index (χ2v) is 6.44. The number of aryl methyl sites for hydroxylation is 1. The van der Waals surface area contributed by atoms with Crippen molar-refractivity contribution in [3.8, 4) is 0 Å². The predicted octanol–water partition coefficient (Wildman–Crippen LogP) is 5.65. The smallest absolute Gasteiger partial charge is 0.0593 e. The fourth-order valence-corrected chi connectivity index (χ4v) is 3.04. The SMILES string of the molecule is Cc1ccc(C(C)Nc2cccc(Cl)c2Br)s1. The normalized spacial score (nSPS) is 12.5. The van der Waals surface area contributed by atoms with E-state index in [1.165, 1.54) is 9.75 Å². The maximum Gasteiger partial charge on any atom is 0.0593 e. The molecule has 0 radical (unpaired) electrons. The van der Waals surface area contributed by atoms with Gasteiger partial charge >= 0.3 is 0 Å². The van der Waals surface area contributed by atoms with Gasteiger partial charge in [-0.25, -0.2) is 0 Å². The molecule has 1 aromatic carbocycles. The molecule has 0 fully saturated rings. The molecule has 1 atom stereocenters. The second kappa shape index (κ2) is 5.42. The first-order chi connectivity index (χ1) is 8.08. The van der Waals surface area contributed by atoms with Gasteiger partial charge in [0.25, 0.3) is 0 Å². The van der Waals surface area contributed by atoms with Gasteiger partial charge in [0, 0.05) is 9.75 Å². The van der Waals surface area contributed by atoms with Crippen LogP contribution in [0.25, 0.3) is 0 Å². The molecule has 4 heteroatoms. The van der Waals surface area contributed by atoms with E-state index in [-0.39, 0.29) is 6.04 Å². The molecule has 0 saturated carbocycles. The van der Waals surface area contributed by atoms with E-state index in [2.05, 4.69) is 47.2 Å². The summed E-state index contributed by atoms with van der Waals surface area (Å²) in [5.41, 5.74) is 1.02. The molecular formula is C13H13BrClNS. The van der Waals surface area contributed by atoms with Crippen LogP contribution in [0.2, 0.25) is 5.02 Å². The summed E-state index contributed by atoms with van der Waals surface area (Å²) >= 11 is 11.4. The van der Waals surface area contributed by atoms with Gasteiger partial charge in [0.05, 0.1) is 21.2 Å². The van der Waals surface area contributed by atoms with Gasteiger partial charge in [0.15, 0.2) is 0 Å². The molecule has 1 nitrogen and oxygen atoms in total. The lowest BCUT2D eigenvalue weighted by Crippen LogP contribution is -2.05. The Labute approximate surface area is 119 Å². The number of anilines is 1. The van der Waals surface area contributed by atoms with Crippen LogP contribution in [0.3, 0.4) is 0 Å². The average Bonchev–Trinajstić information content (AvgIpc) is 2.72. The molecule has 90 valence electrons. The van der Waals surface area contributed by atoms with Crippen molar-refractivity contribution in [2.75, 3.05) is 5.32 Å². The average molecular weight is 331 g/mol. The van der Waals surface area contributed by atoms with E-state index in [1.807, 2.05) is 29.5 Å². The Morgan fingerprint density at radius 1 is 1.29 bits per heavy atom. The van der Waals surface area contributed by atoms with Crippen LogP contribution in [0.1, 0.15) is 22.7 Å². The van der Waals surface area contributed by atoms with Crippen LogP contribution in [-0.2, 0) is 0 Å². The van der Waals surface area contributed by atoms with E-state index < -0.39 is 0 Å². The molecule has 0 aliphatic carbocycles. The van der Waals surface area contributed by atoms with Crippen molar-refractivity contribution in [3.05, 3.63) is 49.6 Å². The maximum atomic E-state index is 6.06. The Balaban J connectivity index is 2.18. The predicted molar refractivity (Wildman–Crippen MR) is 80.2 cm³/mol. The fraction of sp³-hybridized carbons (Fsp3) is 0.231. The van der Waals surface area contributed by atoms with Gasteiger partial charge in [-0.15, -0.1) is 11.3 Å². The van der Waals surface area contributed by atoms with Crippen LogP contribution in [0, 0.1) is 6.92 Å². The lowest BCUT2D eigenvalue weighted by atomic mass is 10.2. The summed E-state index contributed by atoms with van der Waals surface area (Å²) in [7, 11) is 0. The van der Waals surface area contributed by atoms with Gasteiger partial charge in [-0.2, -0.15) is 0 Å². The molecule has 0 aliphatic rings. The van der Waals surface area contributed by atoms with E-state index >= 15 is 0 Å². The third-order valence-corrected chi connectivity index (χ3v) is 5.09. The highest BCUT2D eigenvalue weighted by Crippen LogP contribution is 2.33. The van der Waals surface area contributed by atoms with Gasteiger partial charge in [-0.05, 0) is 54.0 Å². The standard InChI is InChI=1S/C13H13BrClNS/c1-8-6-7-12(17-8)9(2)16-11-5-3-4-10(15)13(11)14/h3-7,9,16H,1-2H3. The number of rotatable bonds is 3. The van der Waals surface area contributed by atoms with Crippen molar-refractivity contribution in [3.63, 3.8) is 0 Å². The minimum atomic E-state index is 0.281. The third kappa shape index (κ3) is 3.03. The Morgan fingerprint density at radius 3 is 2.71 bits per heavy atom. The molecule has 0 spiro atoms. The van der Waals surface area contributed by atoms with Crippen molar-refractivity contribution >= 4 is 44.6 Å². The zero-order valence-electron chi connectivity index (χ0n) is 9.63. The zero-order chi connectivity index (χ0) is 12.4. The monoisotopic (exact) mass is 329 g/mol. The highest BCUT2D eigenvalue weighted by atomic mass is 79.9. The van der Waals surface area contributed by atoms with Gasteiger partial charge in [0.1, 0.15) is 0 Å². The number of hydrogen-bond acceptors (Lipinski definition) is 2. The summed E-state index contributed by atoms with van der Waals surface area (Å²) in [6, 6.07) is 10.4. The summed E-state index contributed by atoms with van der Waals surface area (Å²) in [5.74, 6) is 0. The van der Waals surface area contributed by atoms with Crippen LogP contribution >= 0.6 is 38.9 Å². The molecule has 2 rings (SSSR count). The van der Waals surface area contributed by atoms with Crippen molar-refractivity contribution in [1.29, 1.82) is 0 Å². The highest BCUT2D eigenvalue weighted by molar-refractivity contribution is 9.10. The zero-order valence-corrected chi connectivity index (χ0v) is 12.8. The van der Waals surface area contributed by atoms with Crippen LogP contribution in [0.15, 0.2) is 34.8 Å². The van der Waals surface area contributed by atoms with Crippen molar-refractivity contribution in [2.45, 2.75) is 19.9 Å². The molecule has 1 unspecified atom stereocenters. The van der Waals surface area contributed by atoms with Gasteiger partial charge in [-0.1, -0.05) is 17.7 Å². The quantitative estimate of drug-likeness (QED) is 0.767. The summed E-state index contributed by atoms with van der Waals surface area (Å²) in [4.78, 5) is 2.66. The second-order valence-electron chi connectivity index (χ2n) is 3.92. The number of benzene rings is 1. The van der Waals surface area contributed by atoms with Crippen LogP contribution in [0.5, 0.6) is 0 Å². The molecule has 1 heterocycles. The minimum absolute atomic E-state index is 0.281. The van der Waals surface area contributed by atoms with E-state index in [0.717, 1.165) is 15.2 Å². The van der Waals surface area contributed by atoms with Crippen molar-refractivity contribution in [1.82, 2.24) is 0 Å². The molecule has 0 amide bonds. The molecule has 0 bridgehead atoms. The Bertz CT molecular complexity index is 524. The number of nitrogens with one attached hydrogen (secondary N) is 1. The summed E-state index contributed by atoms with van der Waals surface area (Å²) in [6.07, 6.45) is 0. The third-order valence-electron chi connectivity index (χ3n) is 2.51. The minimum Gasteiger partial charge on any atom is -0.377 e. The lowest BCUT2D eigenvalue weighted by Gasteiger charge is -2.15. The number of halogens is 2. The first kappa shape index (κ1) is 12.9. The van der Waals surface area contributed by atoms with Gasteiger partial charge in [-0.3, -0.25) is 0 Å². The van der Waals surface area contributed by atoms with Crippen LogP contribution in [-0.4, -0.2) is 0 Å². The summed E-state index contributed by atoms with van der Waals surface area (Å²) < 4.78 is 0.918. The topological polar surface area (TPSA) is 12.0 Å². The van der Waals surface area contributed by atoms with E-state index in [4.69, 9.17) is 11.6 Å². The van der Waals surface area contributed by atoms with E-state index in [9.17, 15) is 0 Å². The van der Waals surface area contributed by atoms with E-state index in [0.29, 0.717) is 0 Å². The van der Waals surface area contributed by atoms with Gasteiger partial charge in [0.2, 0.25) is 0 Å². The van der Waals surface area contributed by atoms with Crippen molar-refractivity contribution in [2.24, 2.45) is 0 Å². The molecule has 0 aliphatic heterocycles. The fourth-order valence-electron chi connectivity index (χ4n) is 1.61. The molecule has 2 aromatic rings. The Kier molecular flexibility index (Phi) is 4.13. The largest absolute Gasteiger partial charge is 0.377 e. The first-order valence-corrected chi connectivity index (χ1v) is 7.33. The Hall–Kier alpha value is -0.510. The molecular weight excluding hydrogens is 318 g/mol. The van der Waals surface area contributed by atoms with E-state index in [1.54, 1.807) is 0 Å². The summed E-state index contributed by atoms with van der Waals surface area (Å²) in [5, 5.41) is 4.19. The first-order valence-electron chi connectivity index (χ1n) is 5.35. The molecule has 0 saturated heterocycles. The molecule has 1 N–H and O–H groups in total. The molecule has 1 aromatic heterocycles. The summed E-state index contributed by atoms with van der Waals surface area (Å²) in [6.45, 7) is 4.27. The van der Waals surface area contributed by atoms with Crippen molar-refractivity contribution < 1.29 is 0 Å². The van der Waals surface area contributed by atoms with Crippen LogP contribution in [0.4, 0.5) is 5.69 Å².